The first-order chi connectivity index (χ1) is 10.3. The lowest BCUT2D eigenvalue weighted by molar-refractivity contribution is 0.0925. The van der Waals surface area contributed by atoms with E-state index in [9.17, 15) is 0 Å². The van der Waals surface area contributed by atoms with Gasteiger partial charge in [-0.25, -0.2) is 0 Å². The van der Waals surface area contributed by atoms with Gasteiger partial charge >= 0.3 is 0 Å². The maximum atomic E-state index is 6.04. The first-order valence-electron chi connectivity index (χ1n) is 7.73. The number of likely N-dealkylation sites (N-methyl/N-ethyl adjacent to an activating group) is 1. The molecule has 3 rings (SSSR count). The molecule has 1 aliphatic carbocycles. The van der Waals surface area contributed by atoms with Gasteiger partial charge in [-0.05, 0) is 48.2 Å². The van der Waals surface area contributed by atoms with Crippen LogP contribution >= 0.6 is 11.3 Å². The molecule has 1 aromatic carbocycles. The van der Waals surface area contributed by atoms with Crippen molar-refractivity contribution in [2.75, 3.05) is 33.4 Å². The second-order valence-electron chi connectivity index (χ2n) is 5.94. The molecule has 0 bridgehead atoms. The first kappa shape index (κ1) is 15.0. The predicted molar refractivity (Wildman–Crippen MR) is 89.8 cm³/mol. The lowest BCUT2D eigenvalue weighted by Gasteiger charge is -2.26. The van der Waals surface area contributed by atoms with Crippen molar-refractivity contribution < 1.29 is 4.74 Å². The van der Waals surface area contributed by atoms with Crippen LogP contribution in [0.15, 0.2) is 29.6 Å². The second-order valence-corrected chi connectivity index (χ2v) is 6.85. The standard InChI is InChI=1S/C17H24N2OS/c1-19(8-9-20-11-13-6-7-13)16(10-18)15-12-21-17-5-3-2-4-14(15)17/h2-5,12-13,16H,6-11,18H2,1H3. The maximum absolute atomic E-state index is 6.04. The van der Waals surface area contributed by atoms with E-state index < -0.39 is 0 Å². The van der Waals surface area contributed by atoms with Crippen LogP contribution in [-0.2, 0) is 4.74 Å². The van der Waals surface area contributed by atoms with Crippen molar-refractivity contribution in [3.8, 4) is 0 Å². The minimum Gasteiger partial charge on any atom is -0.380 e. The third kappa shape index (κ3) is 3.64. The van der Waals surface area contributed by atoms with Gasteiger partial charge in [-0.3, -0.25) is 4.90 Å². The second kappa shape index (κ2) is 6.88. The number of benzene rings is 1. The molecule has 0 radical (unpaired) electrons. The summed E-state index contributed by atoms with van der Waals surface area (Å²) in [6, 6.07) is 8.84. The Morgan fingerprint density at radius 1 is 1.38 bits per heavy atom. The summed E-state index contributed by atoms with van der Waals surface area (Å²) in [4.78, 5) is 2.32. The number of hydrogen-bond donors (Lipinski definition) is 1. The fraction of sp³-hybridized carbons (Fsp3) is 0.529. The van der Waals surface area contributed by atoms with Crippen molar-refractivity contribution in [1.82, 2.24) is 4.90 Å². The molecule has 1 aliphatic rings. The number of hydrogen-bond acceptors (Lipinski definition) is 4. The van der Waals surface area contributed by atoms with Gasteiger partial charge in [0.25, 0.3) is 0 Å². The molecule has 2 N–H and O–H groups in total. The van der Waals surface area contributed by atoms with Crippen molar-refractivity contribution in [1.29, 1.82) is 0 Å². The van der Waals surface area contributed by atoms with Gasteiger partial charge in [-0.15, -0.1) is 11.3 Å². The lowest BCUT2D eigenvalue weighted by atomic mass is 10.0. The largest absolute Gasteiger partial charge is 0.380 e. The van der Waals surface area contributed by atoms with Crippen LogP contribution in [0.4, 0.5) is 0 Å². The van der Waals surface area contributed by atoms with E-state index >= 15 is 0 Å². The summed E-state index contributed by atoms with van der Waals surface area (Å²) >= 11 is 1.80. The van der Waals surface area contributed by atoms with Crippen molar-refractivity contribution in [3.05, 3.63) is 35.2 Å². The third-order valence-electron chi connectivity index (χ3n) is 4.26. The summed E-state index contributed by atoms with van der Waals surface area (Å²) < 4.78 is 7.09. The number of nitrogens with zero attached hydrogens (tertiary/aromatic N) is 1. The quantitative estimate of drug-likeness (QED) is 0.761. The Morgan fingerprint density at radius 2 is 2.19 bits per heavy atom. The van der Waals surface area contributed by atoms with Gasteiger partial charge in [0.1, 0.15) is 0 Å². The van der Waals surface area contributed by atoms with Crippen LogP contribution in [-0.4, -0.2) is 38.3 Å². The Bertz CT molecular complexity index is 579. The SMILES string of the molecule is CN(CCOCC1CC1)C(CN)c1csc2ccccc12. The predicted octanol–water partition coefficient (Wildman–Crippen LogP) is 3.26. The molecule has 0 saturated heterocycles. The van der Waals surface area contributed by atoms with E-state index in [2.05, 4.69) is 41.6 Å². The zero-order valence-corrected chi connectivity index (χ0v) is 13.4. The van der Waals surface area contributed by atoms with Crippen LogP contribution < -0.4 is 5.73 Å². The number of nitrogens with two attached hydrogens (primary N) is 1. The van der Waals surface area contributed by atoms with E-state index in [1.165, 1.54) is 28.5 Å². The molecule has 2 aromatic rings. The highest BCUT2D eigenvalue weighted by atomic mass is 32.1. The molecular formula is C17H24N2OS. The van der Waals surface area contributed by atoms with E-state index in [0.717, 1.165) is 25.7 Å². The van der Waals surface area contributed by atoms with E-state index in [1.54, 1.807) is 11.3 Å². The van der Waals surface area contributed by atoms with E-state index in [1.807, 2.05) is 0 Å². The summed E-state index contributed by atoms with van der Waals surface area (Å²) in [6.45, 7) is 3.30. The Morgan fingerprint density at radius 3 is 2.95 bits per heavy atom. The van der Waals surface area contributed by atoms with Crippen molar-refractivity contribution in [2.24, 2.45) is 11.7 Å². The van der Waals surface area contributed by atoms with E-state index in [-0.39, 0.29) is 6.04 Å². The molecule has 1 fully saturated rings. The zero-order chi connectivity index (χ0) is 14.7. The Labute approximate surface area is 130 Å². The van der Waals surface area contributed by atoms with Gasteiger partial charge in [0, 0.05) is 30.4 Å². The fourth-order valence-electron chi connectivity index (χ4n) is 2.70. The zero-order valence-electron chi connectivity index (χ0n) is 12.6. The normalized spacial score (nSPS) is 16.7. The average molecular weight is 304 g/mol. The molecular weight excluding hydrogens is 280 g/mol. The van der Waals surface area contributed by atoms with E-state index in [4.69, 9.17) is 10.5 Å². The van der Waals surface area contributed by atoms with E-state index in [0.29, 0.717) is 6.54 Å². The van der Waals surface area contributed by atoms with Crippen molar-refractivity contribution in [2.45, 2.75) is 18.9 Å². The van der Waals surface area contributed by atoms with Crippen LogP contribution in [0, 0.1) is 5.92 Å². The molecule has 1 aromatic heterocycles. The summed E-state index contributed by atoms with van der Waals surface area (Å²) in [5.41, 5.74) is 7.39. The highest BCUT2D eigenvalue weighted by molar-refractivity contribution is 7.17. The molecule has 114 valence electrons. The number of fused-ring (bicyclic) bond motifs is 1. The van der Waals surface area contributed by atoms with Crippen LogP contribution in [0.2, 0.25) is 0 Å². The van der Waals surface area contributed by atoms with Gasteiger partial charge in [0.15, 0.2) is 0 Å². The average Bonchev–Trinajstić information content (AvgIpc) is 3.24. The topological polar surface area (TPSA) is 38.5 Å². The summed E-state index contributed by atoms with van der Waals surface area (Å²) in [5, 5.41) is 3.59. The molecule has 1 atom stereocenters. The summed E-state index contributed by atoms with van der Waals surface area (Å²) in [7, 11) is 2.14. The molecule has 0 amide bonds. The molecule has 0 spiro atoms. The van der Waals surface area contributed by atoms with Gasteiger partial charge < -0.3 is 10.5 Å². The Kier molecular flexibility index (Phi) is 4.91. The summed E-state index contributed by atoms with van der Waals surface area (Å²) in [6.07, 6.45) is 2.70. The monoisotopic (exact) mass is 304 g/mol. The van der Waals surface area contributed by atoms with Gasteiger partial charge in [0.05, 0.1) is 6.61 Å². The van der Waals surface area contributed by atoms with Crippen molar-refractivity contribution in [3.63, 3.8) is 0 Å². The van der Waals surface area contributed by atoms with Crippen molar-refractivity contribution >= 4 is 21.4 Å². The lowest BCUT2D eigenvalue weighted by Crippen LogP contribution is -2.33. The van der Waals surface area contributed by atoms with Gasteiger partial charge in [-0.2, -0.15) is 0 Å². The molecule has 1 unspecified atom stereocenters. The summed E-state index contributed by atoms with van der Waals surface area (Å²) in [5.74, 6) is 0.835. The Hall–Kier alpha value is -0.940. The minimum atomic E-state index is 0.269. The van der Waals surface area contributed by atoms with Gasteiger partial charge in [-0.1, -0.05) is 18.2 Å². The van der Waals surface area contributed by atoms with Crippen LogP contribution in [0.25, 0.3) is 10.1 Å². The molecule has 4 heteroatoms. The molecule has 3 nitrogen and oxygen atoms in total. The fourth-order valence-corrected chi connectivity index (χ4v) is 3.71. The molecule has 1 saturated carbocycles. The minimum absolute atomic E-state index is 0.269. The molecule has 1 heterocycles. The first-order valence-corrected chi connectivity index (χ1v) is 8.61. The number of rotatable bonds is 8. The van der Waals surface area contributed by atoms with Crippen LogP contribution in [0.3, 0.4) is 0 Å². The smallest absolute Gasteiger partial charge is 0.0593 e. The highest BCUT2D eigenvalue weighted by Gasteiger charge is 2.22. The number of thiophene rings is 1. The third-order valence-corrected chi connectivity index (χ3v) is 5.25. The Balaban J connectivity index is 1.62. The number of ether oxygens (including phenoxy) is 1. The van der Waals surface area contributed by atoms with Gasteiger partial charge in [0.2, 0.25) is 0 Å². The van der Waals surface area contributed by atoms with Crippen LogP contribution in [0.5, 0.6) is 0 Å². The molecule has 21 heavy (non-hydrogen) atoms. The highest BCUT2D eigenvalue weighted by Crippen LogP contribution is 2.32. The molecule has 0 aliphatic heterocycles. The maximum Gasteiger partial charge on any atom is 0.0593 e. The van der Waals surface area contributed by atoms with Crippen LogP contribution in [0.1, 0.15) is 24.4 Å².